The summed E-state index contributed by atoms with van der Waals surface area (Å²) in [5.41, 5.74) is 2.31. The number of amides is 1. The molecule has 298 valence electrons. The number of carbonyl (C=O) groups is 2. The second kappa shape index (κ2) is 31.8. The molecule has 0 saturated carbocycles. The third kappa shape index (κ3) is 25.1. The number of aliphatic hydroxyl groups is 1. The van der Waals surface area contributed by atoms with Crippen molar-refractivity contribution < 1.29 is 38.4 Å². The number of methoxy groups -OCH3 is 1. The van der Waals surface area contributed by atoms with Crippen molar-refractivity contribution in [2.24, 2.45) is 0 Å². The number of carboxylic acid groups (broad SMARTS) is 1. The Hall–Kier alpha value is -3.92. The van der Waals surface area contributed by atoms with Crippen LogP contribution < -0.4 is 10.2 Å². The fourth-order valence-corrected chi connectivity index (χ4v) is 3.85. The zero-order valence-electron chi connectivity index (χ0n) is 34.4. The van der Waals surface area contributed by atoms with E-state index >= 15 is 0 Å². The summed E-state index contributed by atoms with van der Waals surface area (Å²) in [6.07, 6.45) is 12.5. The lowest BCUT2D eigenvalue weighted by Crippen LogP contribution is -2.20. The van der Waals surface area contributed by atoms with Crippen LogP contribution in [0.1, 0.15) is 114 Å². The van der Waals surface area contributed by atoms with Crippen molar-refractivity contribution in [2.45, 2.75) is 126 Å². The lowest BCUT2D eigenvalue weighted by molar-refractivity contribution is -0.138. The van der Waals surface area contributed by atoms with Gasteiger partial charge in [-0.3, -0.25) is 9.59 Å². The summed E-state index contributed by atoms with van der Waals surface area (Å²) in [5.74, 6) is 0.819. The first kappa shape index (κ1) is 52.4. The number of carboxylic acids is 1. The number of hydrogen-bond acceptors (Lipinski definition) is 10. The molecule has 0 bridgehead atoms. The van der Waals surface area contributed by atoms with Crippen LogP contribution in [0, 0.1) is 12.5 Å². The number of rotatable bonds is 11. The highest BCUT2D eigenvalue weighted by Gasteiger charge is 2.22. The van der Waals surface area contributed by atoms with Crippen LogP contribution in [-0.2, 0) is 30.2 Å². The highest BCUT2D eigenvalue weighted by Crippen LogP contribution is 2.34. The summed E-state index contributed by atoms with van der Waals surface area (Å²) < 4.78 is 21.2. The molecule has 3 heterocycles. The molecule has 1 aromatic carbocycles. The predicted octanol–water partition coefficient (Wildman–Crippen LogP) is 8.03. The molecular weight excluding hydrogens is 664 g/mol. The first-order chi connectivity index (χ1) is 24.8. The zero-order chi connectivity index (χ0) is 40.6. The first-order valence-corrected chi connectivity index (χ1v) is 18.3. The van der Waals surface area contributed by atoms with Gasteiger partial charge >= 0.3 is 5.97 Å². The molecule has 1 fully saturated rings. The third-order valence-electron chi connectivity index (χ3n) is 6.26. The van der Waals surface area contributed by atoms with E-state index in [1.54, 1.807) is 7.11 Å². The average molecular weight is 735 g/mol. The number of fused-ring (bicyclic) bond motifs is 3. The predicted molar refractivity (Wildman–Crippen MR) is 214 cm³/mol. The summed E-state index contributed by atoms with van der Waals surface area (Å²) in [6, 6.07) is 7.94. The largest absolute Gasteiger partial charge is 0.481 e. The lowest BCUT2D eigenvalue weighted by atomic mass is 10.2. The minimum Gasteiger partial charge on any atom is -0.481 e. The topological polar surface area (TPSA) is 156 Å². The normalized spacial score (nSPS) is 11.4. The number of ether oxygens (including phenoxy) is 3. The molecule has 0 radical (unpaired) electrons. The number of furan rings is 1. The Bertz CT molecular complexity index is 1350. The number of benzene rings is 1. The van der Waals surface area contributed by atoms with Gasteiger partial charge < -0.3 is 39.1 Å². The minimum atomic E-state index is -0.842. The van der Waals surface area contributed by atoms with Crippen LogP contribution in [-0.4, -0.2) is 90.8 Å². The number of terminal acetylenes is 1. The van der Waals surface area contributed by atoms with E-state index in [2.05, 4.69) is 16.3 Å². The Kier molecular flexibility index (Phi) is 32.1. The Labute approximate surface area is 314 Å². The van der Waals surface area contributed by atoms with Crippen molar-refractivity contribution in [3.8, 4) is 12.5 Å². The van der Waals surface area contributed by atoms with E-state index in [0.717, 1.165) is 73.3 Å². The number of hydrogen-bond donors (Lipinski definition) is 3. The fraction of sp³-hybridized carbons (Fsp3) is 0.650. The van der Waals surface area contributed by atoms with E-state index in [1.165, 1.54) is 12.8 Å². The van der Waals surface area contributed by atoms with Crippen molar-refractivity contribution in [1.29, 1.82) is 0 Å². The second-order valence-corrected chi connectivity index (χ2v) is 12.5. The molecule has 0 unspecified atom stereocenters. The summed E-state index contributed by atoms with van der Waals surface area (Å²) in [7, 11) is 2.71. The molecule has 3 N–H and O–H groups in total. The smallest absolute Gasteiger partial charge is 0.305 e. The molecule has 1 amide bonds. The zero-order valence-corrected chi connectivity index (χ0v) is 34.4. The number of aliphatic hydroxyl groups excluding tert-OH is 1. The van der Waals surface area contributed by atoms with E-state index < -0.39 is 5.97 Å². The SMILES string of the molecule is C#COC(C)(C)C.CC.CC.CCCNC=O.CO.COC(C)(C)C.O=C(O)CCOCCCc1nc(N2CCCC2)c2oc3ccccc3c2n1. The van der Waals surface area contributed by atoms with Gasteiger partial charge in [0.15, 0.2) is 11.4 Å². The maximum atomic E-state index is 10.5. The summed E-state index contributed by atoms with van der Waals surface area (Å²) in [6.45, 7) is 25.3. The van der Waals surface area contributed by atoms with Gasteiger partial charge in [0.2, 0.25) is 6.41 Å². The van der Waals surface area contributed by atoms with Gasteiger partial charge in [0.25, 0.3) is 0 Å². The molecule has 0 spiro atoms. The van der Waals surface area contributed by atoms with E-state index in [-0.39, 0.29) is 24.2 Å². The van der Waals surface area contributed by atoms with E-state index in [0.29, 0.717) is 19.4 Å². The van der Waals surface area contributed by atoms with Gasteiger partial charge in [-0.2, -0.15) is 0 Å². The molecular formula is C40H70N4O8. The Balaban J connectivity index is -0.000000789. The summed E-state index contributed by atoms with van der Waals surface area (Å²) in [4.78, 5) is 31.8. The summed E-state index contributed by atoms with van der Waals surface area (Å²) >= 11 is 0. The molecule has 0 atom stereocenters. The van der Waals surface area contributed by atoms with Crippen LogP contribution >= 0.6 is 0 Å². The van der Waals surface area contributed by atoms with Gasteiger partial charge in [0.1, 0.15) is 28.6 Å². The van der Waals surface area contributed by atoms with Crippen LogP contribution in [0.3, 0.4) is 0 Å². The second-order valence-electron chi connectivity index (χ2n) is 12.5. The number of aryl methyl sites for hydroxylation is 1. The maximum Gasteiger partial charge on any atom is 0.305 e. The number of aromatic nitrogens is 2. The third-order valence-corrected chi connectivity index (χ3v) is 6.26. The van der Waals surface area contributed by atoms with Gasteiger partial charge in [0.05, 0.1) is 18.6 Å². The fourth-order valence-electron chi connectivity index (χ4n) is 3.85. The van der Waals surface area contributed by atoms with E-state index in [1.807, 2.05) is 100 Å². The Morgan fingerprint density at radius 3 is 2.04 bits per heavy atom. The first-order valence-electron chi connectivity index (χ1n) is 18.3. The van der Waals surface area contributed by atoms with Gasteiger partial charge in [-0.25, -0.2) is 9.97 Å². The molecule has 4 rings (SSSR count). The molecule has 12 heteroatoms. The summed E-state index contributed by atoms with van der Waals surface area (Å²) in [5, 5.41) is 19.2. The van der Waals surface area contributed by atoms with Crippen molar-refractivity contribution in [3.63, 3.8) is 0 Å². The molecule has 1 saturated heterocycles. The Morgan fingerprint density at radius 2 is 1.60 bits per heavy atom. The van der Waals surface area contributed by atoms with E-state index in [4.69, 9.17) is 45.2 Å². The highest BCUT2D eigenvalue weighted by atomic mass is 16.5. The molecule has 2 aromatic heterocycles. The van der Waals surface area contributed by atoms with Crippen molar-refractivity contribution in [3.05, 3.63) is 30.1 Å². The number of anilines is 1. The molecule has 1 aliphatic rings. The molecule has 12 nitrogen and oxygen atoms in total. The molecule has 3 aromatic rings. The van der Waals surface area contributed by atoms with Crippen LogP contribution in [0.15, 0.2) is 28.7 Å². The minimum absolute atomic E-state index is 0.0303. The number of carbonyl (C=O) groups excluding carboxylic acids is 1. The van der Waals surface area contributed by atoms with Crippen LogP contribution in [0.4, 0.5) is 5.82 Å². The van der Waals surface area contributed by atoms with Crippen LogP contribution in [0.25, 0.3) is 22.1 Å². The molecule has 1 aliphatic heterocycles. The van der Waals surface area contributed by atoms with Crippen molar-refractivity contribution in [1.82, 2.24) is 15.3 Å². The number of para-hydroxylation sites is 1. The van der Waals surface area contributed by atoms with Crippen LogP contribution in [0.2, 0.25) is 0 Å². The average Bonchev–Trinajstić information content (AvgIpc) is 3.80. The van der Waals surface area contributed by atoms with Crippen molar-refractivity contribution in [2.75, 3.05) is 52.0 Å². The monoisotopic (exact) mass is 735 g/mol. The number of nitrogens with one attached hydrogen (secondary N) is 1. The quantitative estimate of drug-likeness (QED) is 0.0996. The van der Waals surface area contributed by atoms with Gasteiger partial charge in [0, 0.05) is 52.3 Å². The number of aliphatic carboxylic acids is 1. The lowest BCUT2D eigenvalue weighted by Gasteiger charge is -2.17. The highest BCUT2D eigenvalue weighted by molar-refractivity contribution is 6.05. The van der Waals surface area contributed by atoms with E-state index in [9.17, 15) is 9.59 Å². The Morgan fingerprint density at radius 1 is 1.02 bits per heavy atom. The van der Waals surface area contributed by atoms with Crippen molar-refractivity contribution >= 4 is 40.3 Å². The molecule has 0 aliphatic carbocycles. The molecule has 52 heavy (non-hydrogen) atoms. The number of nitrogens with zero attached hydrogens (tertiary/aromatic N) is 3. The standard InChI is InChI=1S/C20H23N3O4.C6H10O.C5H12O.C4H9NO.2C2H6.CH4O/c24-17(25)9-13-26-12-5-8-16-21-18-14-6-1-2-7-15(14)27-19(18)20(22-16)23-10-3-4-11-23;1-5-7-6(2,3)4;1-5(2,3)6-4;1-2-3-5-4-6;3*1-2/h1-2,6-7H,3-5,8-13H2,(H,24,25);1H,2-4H3;1-4H3;4H,2-3H2,1H3,(H,5,6);2*1-2H3;2H,1H3. The van der Waals surface area contributed by atoms with Gasteiger partial charge in [-0.1, -0.05) is 53.2 Å². The van der Waals surface area contributed by atoms with Gasteiger partial charge in [-0.05, 0) is 79.4 Å². The van der Waals surface area contributed by atoms with Gasteiger partial charge in [-0.15, -0.1) is 0 Å². The van der Waals surface area contributed by atoms with Crippen LogP contribution in [0.5, 0.6) is 0 Å². The maximum absolute atomic E-state index is 10.5.